The summed E-state index contributed by atoms with van der Waals surface area (Å²) in [4.78, 5) is 4.34. The van der Waals surface area contributed by atoms with Crippen LogP contribution in [0.25, 0.3) is 0 Å². The van der Waals surface area contributed by atoms with E-state index in [9.17, 15) is 0 Å². The van der Waals surface area contributed by atoms with Crippen molar-refractivity contribution >= 4 is 11.3 Å². The number of thiazole rings is 1. The normalized spacial score (nSPS) is 29.8. The average molecular weight is 240 g/mol. The van der Waals surface area contributed by atoms with E-state index in [1.807, 2.05) is 11.6 Å². The van der Waals surface area contributed by atoms with Crippen LogP contribution in [0.3, 0.4) is 0 Å². The molecular weight excluding hydrogens is 220 g/mol. The van der Waals surface area contributed by atoms with Gasteiger partial charge >= 0.3 is 0 Å². The number of rotatable bonds is 4. The van der Waals surface area contributed by atoms with Gasteiger partial charge in [-0.15, -0.1) is 11.3 Å². The Bertz CT molecular complexity index is 337. The molecule has 1 aliphatic rings. The fraction of sp³-hybridized carbons (Fsp3) is 0.750. The van der Waals surface area contributed by atoms with E-state index < -0.39 is 0 Å². The van der Waals surface area contributed by atoms with Crippen LogP contribution in [-0.4, -0.2) is 24.2 Å². The second-order valence-corrected chi connectivity index (χ2v) is 6.02. The largest absolute Gasteiger partial charge is 0.381 e. The maximum atomic E-state index is 5.45. The van der Waals surface area contributed by atoms with Gasteiger partial charge in [0, 0.05) is 30.1 Å². The first-order valence-corrected chi connectivity index (χ1v) is 6.62. The van der Waals surface area contributed by atoms with Crippen molar-refractivity contribution in [2.24, 2.45) is 5.41 Å². The van der Waals surface area contributed by atoms with Crippen LogP contribution in [0.1, 0.15) is 38.2 Å². The zero-order valence-corrected chi connectivity index (χ0v) is 11.2. The number of hydrogen-bond donors (Lipinski definition) is 1. The van der Waals surface area contributed by atoms with Gasteiger partial charge in [0.15, 0.2) is 0 Å². The van der Waals surface area contributed by atoms with Crippen molar-refractivity contribution < 1.29 is 4.74 Å². The highest BCUT2D eigenvalue weighted by atomic mass is 32.1. The smallest absolute Gasteiger partial charge is 0.109 e. The fourth-order valence-electron chi connectivity index (χ4n) is 2.39. The van der Waals surface area contributed by atoms with E-state index in [0.717, 1.165) is 11.4 Å². The van der Waals surface area contributed by atoms with Gasteiger partial charge in [0.25, 0.3) is 0 Å². The number of methoxy groups -OCH3 is 1. The van der Waals surface area contributed by atoms with E-state index in [4.69, 9.17) is 4.74 Å². The van der Waals surface area contributed by atoms with Gasteiger partial charge in [0.05, 0.1) is 12.1 Å². The molecule has 1 fully saturated rings. The first kappa shape index (κ1) is 12.0. The minimum atomic E-state index is 0.222. The van der Waals surface area contributed by atoms with Crippen LogP contribution in [0.2, 0.25) is 0 Å². The van der Waals surface area contributed by atoms with Crippen molar-refractivity contribution in [3.05, 3.63) is 16.6 Å². The summed E-state index contributed by atoms with van der Waals surface area (Å²) in [6.45, 7) is 6.70. The lowest BCUT2D eigenvalue weighted by atomic mass is 9.64. The molecule has 0 aliphatic heterocycles. The summed E-state index contributed by atoms with van der Waals surface area (Å²) in [6, 6.07) is 0.860. The lowest BCUT2D eigenvalue weighted by Gasteiger charge is -2.52. The van der Waals surface area contributed by atoms with Gasteiger partial charge in [-0.25, -0.2) is 4.98 Å². The molecule has 1 heterocycles. The highest BCUT2D eigenvalue weighted by Gasteiger charge is 2.48. The third kappa shape index (κ3) is 2.01. The van der Waals surface area contributed by atoms with Gasteiger partial charge < -0.3 is 10.1 Å². The van der Waals surface area contributed by atoms with Crippen molar-refractivity contribution in [2.75, 3.05) is 7.11 Å². The van der Waals surface area contributed by atoms with Crippen molar-refractivity contribution in [3.8, 4) is 0 Å². The lowest BCUT2D eigenvalue weighted by Crippen LogP contribution is -2.60. The number of ether oxygens (including phenoxy) is 1. The third-order valence-electron chi connectivity index (χ3n) is 3.74. The van der Waals surface area contributed by atoms with E-state index in [0.29, 0.717) is 18.2 Å². The Hall–Kier alpha value is -0.450. The molecule has 90 valence electrons. The van der Waals surface area contributed by atoms with Crippen LogP contribution in [0.15, 0.2) is 11.6 Å². The number of hydrogen-bond acceptors (Lipinski definition) is 4. The van der Waals surface area contributed by atoms with Crippen LogP contribution >= 0.6 is 11.3 Å². The topological polar surface area (TPSA) is 34.1 Å². The zero-order chi connectivity index (χ0) is 11.8. The Kier molecular flexibility index (Phi) is 3.33. The molecule has 1 aliphatic carbocycles. The molecule has 4 heteroatoms. The zero-order valence-electron chi connectivity index (χ0n) is 10.4. The van der Waals surface area contributed by atoms with Gasteiger partial charge in [-0.1, -0.05) is 13.8 Å². The Morgan fingerprint density at radius 3 is 2.88 bits per heavy atom. The minimum Gasteiger partial charge on any atom is -0.381 e. The Morgan fingerprint density at radius 2 is 2.38 bits per heavy atom. The van der Waals surface area contributed by atoms with Crippen LogP contribution < -0.4 is 5.32 Å². The molecule has 3 unspecified atom stereocenters. The minimum absolute atomic E-state index is 0.222. The summed E-state index contributed by atoms with van der Waals surface area (Å²) in [5, 5.41) is 6.83. The highest BCUT2D eigenvalue weighted by Crippen LogP contribution is 2.43. The molecule has 16 heavy (non-hydrogen) atoms. The van der Waals surface area contributed by atoms with Crippen molar-refractivity contribution in [1.82, 2.24) is 10.3 Å². The Morgan fingerprint density at radius 1 is 1.62 bits per heavy atom. The molecule has 0 spiro atoms. The van der Waals surface area contributed by atoms with E-state index in [2.05, 4.69) is 31.1 Å². The average Bonchev–Trinajstić information content (AvgIpc) is 2.76. The standard InChI is InChI=1S/C12H20N2OS/c1-8(11-13-5-6-16-11)14-9-7-10(15-4)12(9,2)3/h5-6,8-10,14H,7H2,1-4H3. The molecular formula is C12H20N2OS. The van der Waals surface area contributed by atoms with E-state index in [1.165, 1.54) is 0 Å². The molecule has 1 aromatic rings. The summed E-state index contributed by atoms with van der Waals surface area (Å²) < 4.78 is 5.45. The number of nitrogens with one attached hydrogen (secondary N) is 1. The summed E-state index contributed by atoms with van der Waals surface area (Å²) in [7, 11) is 1.80. The van der Waals surface area contributed by atoms with Gasteiger partial charge in [-0.2, -0.15) is 0 Å². The molecule has 0 bridgehead atoms. The van der Waals surface area contributed by atoms with E-state index >= 15 is 0 Å². The molecule has 3 nitrogen and oxygen atoms in total. The van der Waals surface area contributed by atoms with Gasteiger partial charge in [0.2, 0.25) is 0 Å². The second-order valence-electron chi connectivity index (χ2n) is 5.09. The SMILES string of the molecule is COC1CC(NC(C)c2nccs2)C1(C)C. The van der Waals surface area contributed by atoms with Crippen LogP contribution in [0.5, 0.6) is 0 Å². The lowest BCUT2D eigenvalue weighted by molar-refractivity contribution is -0.0999. The van der Waals surface area contributed by atoms with Crippen molar-refractivity contribution in [1.29, 1.82) is 0 Å². The van der Waals surface area contributed by atoms with Crippen LogP contribution in [0, 0.1) is 5.41 Å². The summed E-state index contributed by atoms with van der Waals surface area (Å²) >= 11 is 1.71. The molecule has 0 saturated heterocycles. The quantitative estimate of drug-likeness (QED) is 0.878. The summed E-state index contributed by atoms with van der Waals surface area (Å²) in [6.07, 6.45) is 3.34. The Balaban J connectivity index is 1.92. The Labute approximate surface area is 101 Å². The highest BCUT2D eigenvalue weighted by molar-refractivity contribution is 7.09. The second kappa shape index (κ2) is 4.43. The van der Waals surface area contributed by atoms with E-state index in [-0.39, 0.29) is 5.41 Å². The van der Waals surface area contributed by atoms with Gasteiger partial charge in [0.1, 0.15) is 5.01 Å². The maximum absolute atomic E-state index is 5.45. The first-order chi connectivity index (χ1) is 7.55. The van der Waals surface area contributed by atoms with Gasteiger partial charge in [-0.05, 0) is 13.3 Å². The number of aromatic nitrogens is 1. The van der Waals surface area contributed by atoms with Gasteiger partial charge in [-0.3, -0.25) is 0 Å². The molecule has 0 amide bonds. The molecule has 2 rings (SSSR count). The maximum Gasteiger partial charge on any atom is 0.109 e. The van der Waals surface area contributed by atoms with E-state index in [1.54, 1.807) is 18.4 Å². The summed E-state index contributed by atoms with van der Waals surface area (Å²) in [5.74, 6) is 0. The predicted molar refractivity (Wildman–Crippen MR) is 66.6 cm³/mol. The predicted octanol–water partition coefficient (Wildman–Crippen LogP) is 2.61. The molecule has 1 aromatic heterocycles. The van der Waals surface area contributed by atoms with Crippen molar-refractivity contribution in [2.45, 2.75) is 45.4 Å². The van der Waals surface area contributed by atoms with Crippen molar-refractivity contribution in [3.63, 3.8) is 0 Å². The molecule has 1 N–H and O–H groups in total. The monoisotopic (exact) mass is 240 g/mol. The molecule has 0 radical (unpaired) electrons. The summed E-state index contributed by atoms with van der Waals surface area (Å²) in [5.41, 5.74) is 0.222. The molecule has 3 atom stereocenters. The fourth-order valence-corrected chi connectivity index (χ4v) is 3.04. The van der Waals surface area contributed by atoms with Crippen LogP contribution in [0.4, 0.5) is 0 Å². The third-order valence-corrected chi connectivity index (χ3v) is 4.69. The first-order valence-electron chi connectivity index (χ1n) is 5.74. The number of nitrogens with zero attached hydrogens (tertiary/aromatic N) is 1. The molecule has 1 saturated carbocycles. The van der Waals surface area contributed by atoms with Crippen LogP contribution in [-0.2, 0) is 4.74 Å². The molecule has 0 aromatic carbocycles.